The molecule has 35 heavy (non-hydrogen) atoms. The third-order valence-electron chi connectivity index (χ3n) is 10.1. The second kappa shape index (κ2) is 7.17. The maximum atomic E-state index is 6.56. The van der Waals surface area contributed by atoms with E-state index in [0.29, 0.717) is 5.92 Å². The molecule has 3 nitrogen and oxygen atoms in total. The number of benzene rings is 2. The van der Waals surface area contributed by atoms with Crippen molar-refractivity contribution >= 4 is 10.9 Å². The van der Waals surface area contributed by atoms with Gasteiger partial charge in [0.2, 0.25) is 11.2 Å². The number of aryl methyl sites for hydroxylation is 2. The lowest BCUT2D eigenvalue weighted by Gasteiger charge is -2.33. The smallest absolute Gasteiger partial charge is 0.213 e. The summed E-state index contributed by atoms with van der Waals surface area (Å²) in [6.45, 7) is 14.1. The number of hydrogen-bond donors (Lipinski definition) is 0. The second-order valence-electron chi connectivity index (χ2n) is 12.4. The zero-order valence-electron chi connectivity index (χ0n) is 22.0. The lowest BCUT2D eigenvalue weighted by molar-refractivity contribution is -0.711. The number of nitrogens with zero attached hydrogens (tertiary/aromatic N) is 1. The molecule has 4 heterocycles. The van der Waals surface area contributed by atoms with Crippen molar-refractivity contribution in [1.82, 2.24) is 0 Å². The van der Waals surface area contributed by atoms with E-state index in [1.807, 2.05) is 0 Å². The molecule has 8 rings (SSSR count). The fraction of sp³-hybridized carbons (Fsp3) is 0.531. The Morgan fingerprint density at radius 1 is 0.971 bits per heavy atom. The molecule has 1 saturated heterocycles. The minimum atomic E-state index is -0.191. The van der Waals surface area contributed by atoms with Crippen LogP contribution in [0.25, 0.3) is 22.2 Å². The number of pyridine rings is 1. The largest absolute Gasteiger partial charge is 0.349 e. The Hall–Kier alpha value is -2.23. The topological polar surface area (TPSA) is 22.3 Å². The molecule has 3 aromatic rings. The van der Waals surface area contributed by atoms with Gasteiger partial charge in [0.1, 0.15) is 0 Å². The SMILES string of the molecule is Cc1cc2cc3c1C1(C)C([C@H]4OC(C)C[C@@H](C)O4)[C@]1(C)[n+]1c-3ccc3c(cccc31)CC(C)CC2. The summed E-state index contributed by atoms with van der Waals surface area (Å²) in [6, 6.07) is 16.7. The van der Waals surface area contributed by atoms with Crippen LogP contribution in [-0.4, -0.2) is 18.5 Å². The lowest BCUT2D eigenvalue weighted by atomic mass is 9.78. The van der Waals surface area contributed by atoms with Crippen molar-refractivity contribution in [1.29, 1.82) is 0 Å². The summed E-state index contributed by atoms with van der Waals surface area (Å²) >= 11 is 0. The van der Waals surface area contributed by atoms with E-state index >= 15 is 0 Å². The van der Waals surface area contributed by atoms with E-state index in [0.717, 1.165) is 19.3 Å². The summed E-state index contributed by atoms with van der Waals surface area (Å²) in [7, 11) is 0. The van der Waals surface area contributed by atoms with Gasteiger partial charge < -0.3 is 9.47 Å². The predicted molar refractivity (Wildman–Crippen MR) is 139 cm³/mol. The van der Waals surface area contributed by atoms with Crippen molar-refractivity contribution in [2.45, 2.75) is 96.7 Å². The first kappa shape index (κ1) is 22.0. The lowest BCUT2D eigenvalue weighted by Crippen LogP contribution is -2.54. The average Bonchev–Trinajstić information content (AvgIpc) is 3.32. The molecule has 0 N–H and O–H groups in total. The van der Waals surface area contributed by atoms with Gasteiger partial charge in [0.25, 0.3) is 0 Å². The highest BCUT2D eigenvalue weighted by Crippen LogP contribution is 2.71. The van der Waals surface area contributed by atoms with Gasteiger partial charge in [-0.3, -0.25) is 0 Å². The molecule has 182 valence electrons. The highest BCUT2D eigenvalue weighted by atomic mass is 16.7. The van der Waals surface area contributed by atoms with Crippen molar-refractivity contribution in [3.8, 4) is 11.3 Å². The first-order valence-corrected chi connectivity index (χ1v) is 13.7. The van der Waals surface area contributed by atoms with Gasteiger partial charge >= 0.3 is 0 Å². The molecule has 4 unspecified atom stereocenters. The molecule has 1 aromatic heterocycles. The zero-order chi connectivity index (χ0) is 24.3. The molecule has 0 amide bonds. The van der Waals surface area contributed by atoms with Gasteiger partial charge in [-0.25, -0.2) is 0 Å². The molecule has 2 aliphatic carbocycles. The molecule has 0 spiro atoms. The molecule has 3 heteroatoms. The molecule has 2 fully saturated rings. The Morgan fingerprint density at radius 2 is 1.74 bits per heavy atom. The van der Waals surface area contributed by atoms with E-state index in [4.69, 9.17) is 9.47 Å². The molecule has 5 aliphatic rings. The van der Waals surface area contributed by atoms with Crippen LogP contribution in [0.15, 0.2) is 42.5 Å². The molecule has 1 saturated carbocycles. The summed E-state index contributed by atoms with van der Waals surface area (Å²) in [4.78, 5) is 0. The molecule has 3 aliphatic heterocycles. The van der Waals surface area contributed by atoms with E-state index in [2.05, 4.69) is 88.6 Å². The standard InChI is InChI=1S/C32H38NO2/c1-18-10-11-22-15-19(2)28-25(17-22)27-13-12-24-23(14-18)8-7-9-26(24)33(27)32(6)29(31(28,32)5)30-34-20(3)16-21(4)35-30/h7-9,12-13,15,17-18,20-21,29-30H,10-11,14,16H2,1-6H3/q+1/t18?,20-,21?,29?,30-,31?,32+/m1/s1. The number of hydrogen-bond acceptors (Lipinski definition) is 2. The van der Waals surface area contributed by atoms with Crippen LogP contribution in [0.4, 0.5) is 0 Å². The quantitative estimate of drug-likeness (QED) is 0.387. The maximum absolute atomic E-state index is 6.56. The van der Waals surface area contributed by atoms with Crippen molar-refractivity contribution in [2.75, 3.05) is 0 Å². The fourth-order valence-electron chi connectivity index (χ4n) is 8.39. The van der Waals surface area contributed by atoms with Crippen LogP contribution < -0.4 is 4.57 Å². The Bertz CT molecular complexity index is 1370. The Morgan fingerprint density at radius 3 is 2.51 bits per heavy atom. The van der Waals surface area contributed by atoms with Gasteiger partial charge in [-0.05, 0) is 93.7 Å². The third-order valence-corrected chi connectivity index (χ3v) is 10.1. The number of ether oxygens (including phenoxy) is 2. The van der Waals surface area contributed by atoms with Crippen LogP contribution >= 0.6 is 0 Å². The van der Waals surface area contributed by atoms with E-state index in [9.17, 15) is 0 Å². The minimum Gasteiger partial charge on any atom is -0.349 e. The van der Waals surface area contributed by atoms with Gasteiger partial charge in [-0.1, -0.05) is 25.1 Å². The third kappa shape index (κ3) is 2.77. The molecule has 7 atom stereocenters. The zero-order valence-corrected chi connectivity index (χ0v) is 22.0. The molecular weight excluding hydrogens is 430 g/mol. The Balaban J connectivity index is 1.56. The number of aromatic nitrogens is 1. The van der Waals surface area contributed by atoms with Gasteiger partial charge in [-0.2, -0.15) is 4.57 Å². The summed E-state index contributed by atoms with van der Waals surface area (Å²) in [5, 5.41) is 1.40. The van der Waals surface area contributed by atoms with Crippen LogP contribution in [0.1, 0.15) is 69.7 Å². The summed E-state index contributed by atoms with van der Waals surface area (Å²) in [5.74, 6) is 0.911. The van der Waals surface area contributed by atoms with E-state index in [1.54, 1.807) is 0 Å². The van der Waals surface area contributed by atoms with Crippen LogP contribution in [-0.2, 0) is 33.3 Å². The molecular formula is C32H38NO2+. The minimum absolute atomic E-state index is 0.0498. The highest BCUT2D eigenvalue weighted by molar-refractivity contribution is 5.83. The van der Waals surface area contributed by atoms with Crippen molar-refractivity contribution in [3.05, 3.63) is 64.7 Å². The molecule has 2 aromatic carbocycles. The van der Waals surface area contributed by atoms with Gasteiger partial charge in [0, 0.05) is 24.4 Å². The molecule has 0 radical (unpaired) electrons. The van der Waals surface area contributed by atoms with Gasteiger partial charge in [-0.15, -0.1) is 0 Å². The average molecular weight is 469 g/mol. The van der Waals surface area contributed by atoms with Gasteiger partial charge in [0.15, 0.2) is 11.8 Å². The van der Waals surface area contributed by atoms with E-state index in [-0.39, 0.29) is 35.4 Å². The molecule has 7 bridgehead atoms. The van der Waals surface area contributed by atoms with Crippen LogP contribution in [0, 0.1) is 18.8 Å². The van der Waals surface area contributed by atoms with Gasteiger partial charge in [0.05, 0.1) is 29.1 Å². The summed E-state index contributed by atoms with van der Waals surface area (Å²) in [6.07, 6.45) is 4.71. The van der Waals surface area contributed by atoms with Crippen LogP contribution in [0.5, 0.6) is 0 Å². The van der Waals surface area contributed by atoms with Crippen molar-refractivity contribution in [3.63, 3.8) is 0 Å². The normalized spacial score (nSPS) is 37.3. The van der Waals surface area contributed by atoms with Crippen molar-refractivity contribution < 1.29 is 14.0 Å². The number of fused-ring (bicyclic) bond motifs is 6. The highest BCUT2D eigenvalue weighted by Gasteiger charge is 2.85. The summed E-state index contributed by atoms with van der Waals surface area (Å²) < 4.78 is 15.8. The summed E-state index contributed by atoms with van der Waals surface area (Å²) in [5.41, 5.74) is 9.84. The first-order chi connectivity index (χ1) is 16.7. The Kier molecular flexibility index (Phi) is 4.51. The maximum Gasteiger partial charge on any atom is 0.213 e. The number of rotatable bonds is 1. The van der Waals surface area contributed by atoms with E-state index < -0.39 is 0 Å². The fourth-order valence-corrected chi connectivity index (χ4v) is 8.39. The van der Waals surface area contributed by atoms with Crippen LogP contribution in [0.3, 0.4) is 0 Å². The monoisotopic (exact) mass is 468 g/mol. The first-order valence-electron chi connectivity index (χ1n) is 13.7. The van der Waals surface area contributed by atoms with Crippen LogP contribution in [0.2, 0.25) is 0 Å². The second-order valence-corrected chi connectivity index (χ2v) is 12.4. The van der Waals surface area contributed by atoms with Crippen molar-refractivity contribution in [2.24, 2.45) is 11.8 Å². The van der Waals surface area contributed by atoms with E-state index in [1.165, 1.54) is 50.8 Å². The Labute approximate surface area is 209 Å². The predicted octanol–water partition coefficient (Wildman–Crippen LogP) is 6.38.